The van der Waals surface area contributed by atoms with Crippen LogP contribution in [0.2, 0.25) is 0 Å². The summed E-state index contributed by atoms with van der Waals surface area (Å²) in [6, 6.07) is 0.555. The van der Waals surface area contributed by atoms with Crippen LogP contribution in [0, 0.1) is 0 Å². The highest BCUT2D eigenvalue weighted by atomic mass is 35.5. The van der Waals surface area contributed by atoms with Gasteiger partial charge < -0.3 is 9.47 Å². The van der Waals surface area contributed by atoms with Gasteiger partial charge in [-0.2, -0.15) is 0 Å². The molecule has 0 aromatic carbocycles. The van der Waals surface area contributed by atoms with Crippen molar-refractivity contribution in [3.63, 3.8) is 0 Å². The van der Waals surface area contributed by atoms with Crippen LogP contribution >= 0.6 is 11.6 Å². The predicted molar refractivity (Wildman–Crippen MR) is 64.7 cm³/mol. The molecule has 0 atom stereocenters. The van der Waals surface area contributed by atoms with Crippen molar-refractivity contribution < 1.29 is 9.47 Å². The van der Waals surface area contributed by atoms with E-state index in [1.165, 1.54) is 0 Å². The molecule has 15 heavy (non-hydrogen) atoms. The fourth-order valence-electron chi connectivity index (χ4n) is 1.32. The van der Waals surface area contributed by atoms with Crippen LogP contribution in [0.4, 0.5) is 0 Å². The fourth-order valence-corrected chi connectivity index (χ4v) is 1.44. The summed E-state index contributed by atoms with van der Waals surface area (Å²) >= 11 is 5.68. The third kappa shape index (κ3) is 9.12. The molecule has 0 fully saturated rings. The van der Waals surface area contributed by atoms with Crippen LogP contribution < -0.4 is 0 Å². The number of rotatable bonds is 10. The lowest BCUT2D eigenvalue weighted by molar-refractivity contribution is 0.0522. The van der Waals surface area contributed by atoms with Crippen molar-refractivity contribution in [3.05, 3.63) is 0 Å². The molecular weight excluding hydrogens is 214 g/mol. The van der Waals surface area contributed by atoms with E-state index >= 15 is 0 Å². The zero-order valence-corrected chi connectivity index (χ0v) is 10.9. The minimum absolute atomic E-state index is 0.555. The predicted octanol–water partition coefficient (Wildman–Crippen LogP) is 1.99. The molecule has 4 heteroatoms. The van der Waals surface area contributed by atoms with Crippen LogP contribution in [0.1, 0.15) is 20.3 Å². The fraction of sp³-hybridized carbons (Fsp3) is 1.00. The molecule has 0 aromatic heterocycles. The van der Waals surface area contributed by atoms with Crippen molar-refractivity contribution in [2.45, 2.75) is 26.3 Å². The van der Waals surface area contributed by atoms with Crippen LogP contribution in [0.3, 0.4) is 0 Å². The monoisotopic (exact) mass is 237 g/mol. The van der Waals surface area contributed by atoms with Crippen molar-refractivity contribution in [2.75, 3.05) is 45.9 Å². The molecule has 0 aliphatic heterocycles. The Morgan fingerprint density at radius 3 is 2.40 bits per heavy atom. The minimum Gasteiger partial charge on any atom is -0.382 e. The smallest absolute Gasteiger partial charge is 0.0700 e. The summed E-state index contributed by atoms with van der Waals surface area (Å²) in [5.41, 5.74) is 0. The van der Waals surface area contributed by atoms with Crippen molar-refractivity contribution in [1.82, 2.24) is 4.90 Å². The second-order valence-electron chi connectivity index (χ2n) is 3.78. The number of hydrogen-bond donors (Lipinski definition) is 0. The third-order valence-corrected chi connectivity index (χ3v) is 2.53. The molecule has 0 aliphatic rings. The summed E-state index contributed by atoms with van der Waals surface area (Å²) in [6.07, 6.45) is 1.04. The van der Waals surface area contributed by atoms with E-state index < -0.39 is 0 Å². The Bertz CT molecular complexity index is 134. The van der Waals surface area contributed by atoms with E-state index in [2.05, 4.69) is 18.7 Å². The summed E-state index contributed by atoms with van der Waals surface area (Å²) in [6.45, 7) is 8.53. The van der Waals surface area contributed by atoms with Crippen molar-refractivity contribution in [1.29, 1.82) is 0 Å². The summed E-state index contributed by atoms with van der Waals surface area (Å²) in [5, 5.41) is 0. The highest BCUT2D eigenvalue weighted by Crippen LogP contribution is 2.00. The van der Waals surface area contributed by atoms with E-state index in [0.717, 1.165) is 32.0 Å². The largest absolute Gasteiger partial charge is 0.382 e. The first-order chi connectivity index (χ1) is 7.22. The summed E-state index contributed by atoms with van der Waals surface area (Å²) in [5.74, 6) is 0.730. The second kappa shape index (κ2) is 10.7. The highest BCUT2D eigenvalue weighted by Gasteiger charge is 2.07. The van der Waals surface area contributed by atoms with Gasteiger partial charge in [0.1, 0.15) is 0 Å². The molecule has 0 rings (SSSR count). The molecule has 0 aromatic rings. The SMILES string of the molecule is COCCOCCN(CCCCl)C(C)C. The summed E-state index contributed by atoms with van der Waals surface area (Å²) in [7, 11) is 1.68. The van der Waals surface area contributed by atoms with Gasteiger partial charge in [-0.15, -0.1) is 11.6 Å². The zero-order valence-electron chi connectivity index (χ0n) is 10.2. The third-order valence-electron chi connectivity index (χ3n) is 2.26. The number of ether oxygens (including phenoxy) is 2. The van der Waals surface area contributed by atoms with Gasteiger partial charge in [0.2, 0.25) is 0 Å². The van der Waals surface area contributed by atoms with E-state index in [4.69, 9.17) is 21.1 Å². The molecule has 0 unspecified atom stereocenters. The average molecular weight is 238 g/mol. The van der Waals surface area contributed by atoms with Gasteiger partial charge in [-0.05, 0) is 26.8 Å². The van der Waals surface area contributed by atoms with E-state index in [0.29, 0.717) is 19.3 Å². The number of hydrogen-bond acceptors (Lipinski definition) is 3. The van der Waals surface area contributed by atoms with Crippen LogP contribution in [0.25, 0.3) is 0 Å². The molecule has 0 saturated carbocycles. The van der Waals surface area contributed by atoms with E-state index in [1.807, 2.05) is 0 Å². The van der Waals surface area contributed by atoms with E-state index in [1.54, 1.807) is 7.11 Å². The van der Waals surface area contributed by atoms with Gasteiger partial charge in [0.05, 0.1) is 19.8 Å². The normalized spacial score (nSPS) is 11.6. The van der Waals surface area contributed by atoms with Gasteiger partial charge in [-0.3, -0.25) is 4.90 Å². The van der Waals surface area contributed by atoms with Gasteiger partial charge >= 0.3 is 0 Å². The molecular formula is C11H24ClNO2. The van der Waals surface area contributed by atoms with Gasteiger partial charge in [0.25, 0.3) is 0 Å². The Morgan fingerprint density at radius 2 is 1.87 bits per heavy atom. The van der Waals surface area contributed by atoms with Gasteiger partial charge in [-0.25, -0.2) is 0 Å². The number of methoxy groups -OCH3 is 1. The second-order valence-corrected chi connectivity index (χ2v) is 4.16. The lowest BCUT2D eigenvalue weighted by Crippen LogP contribution is -2.35. The quantitative estimate of drug-likeness (QED) is 0.429. The first-order valence-corrected chi connectivity index (χ1v) is 6.12. The van der Waals surface area contributed by atoms with Crippen molar-refractivity contribution in [2.24, 2.45) is 0 Å². The lowest BCUT2D eigenvalue weighted by Gasteiger charge is -2.25. The topological polar surface area (TPSA) is 21.7 Å². The van der Waals surface area contributed by atoms with Gasteiger partial charge in [-0.1, -0.05) is 0 Å². The minimum atomic E-state index is 0.555. The van der Waals surface area contributed by atoms with Crippen LogP contribution in [-0.2, 0) is 9.47 Å². The Morgan fingerprint density at radius 1 is 1.13 bits per heavy atom. The first-order valence-electron chi connectivity index (χ1n) is 5.59. The Kier molecular flexibility index (Phi) is 10.8. The van der Waals surface area contributed by atoms with Crippen molar-refractivity contribution in [3.8, 4) is 0 Å². The van der Waals surface area contributed by atoms with Gasteiger partial charge in [0.15, 0.2) is 0 Å². The highest BCUT2D eigenvalue weighted by molar-refractivity contribution is 6.17. The van der Waals surface area contributed by atoms with Crippen LogP contribution in [0.5, 0.6) is 0 Å². The number of nitrogens with zero attached hydrogens (tertiary/aromatic N) is 1. The molecule has 0 radical (unpaired) electrons. The van der Waals surface area contributed by atoms with E-state index in [-0.39, 0.29) is 0 Å². The van der Waals surface area contributed by atoms with Crippen LogP contribution in [-0.4, -0.2) is 56.8 Å². The molecule has 0 aliphatic carbocycles. The Balaban J connectivity index is 3.48. The molecule has 0 heterocycles. The molecule has 0 saturated heterocycles. The number of halogens is 1. The number of alkyl halides is 1. The summed E-state index contributed by atoms with van der Waals surface area (Å²) < 4.78 is 10.3. The molecule has 0 spiro atoms. The molecule has 0 bridgehead atoms. The molecule has 0 amide bonds. The van der Waals surface area contributed by atoms with Crippen molar-refractivity contribution >= 4 is 11.6 Å². The molecule has 92 valence electrons. The summed E-state index contributed by atoms with van der Waals surface area (Å²) in [4.78, 5) is 2.38. The average Bonchev–Trinajstić information content (AvgIpc) is 2.21. The molecule has 3 nitrogen and oxygen atoms in total. The zero-order chi connectivity index (χ0) is 11.5. The first kappa shape index (κ1) is 15.2. The molecule has 0 N–H and O–H groups in total. The maximum absolute atomic E-state index is 5.68. The van der Waals surface area contributed by atoms with Crippen LogP contribution in [0.15, 0.2) is 0 Å². The standard InChI is InChI=1S/C11H24ClNO2/c1-11(2)13(6-4-5-12)7-8-15-10-9-14-3/h11H,4-10H2,1-3H3. The van der Waals surface area contributed by atoms with Gasteiger partial charge in [0, 0.05) is 25.6 Å². The lowest BCUT2D eigenvalue weighted by atomic mass is 10.3. The van der Waals surface area contributed by atoms with E-state index in [9.17, 15) is 0 Å². The maximum Gasteiger partial charge on any atom is 0.0700 e. The Hall–Kier alpha value is 0.170. The Labute approximate surface area is 98.7 Å². The maximum atomic E-state index is 5.68.